The zero-order valence-corrected chi connectivity index (χ0v) is 11.0. The summed E-state index contributed by atoms with van der Waals surface area (Å²) in [7, 11) is 0. The highest BCUT2D eigenvalue weighted by Gasteiger charge is 2.49. The maximum Gasteiger partial charge on any atom is 0.285 e. The first-order valence-electron chi connectivity index (χ1n) is 6.46. The largest absolute Gasteiger partial charge is 0.481 e. The van der Waals surface area contributed by atoms with Crippen LogP contribution >= 0.6 is 0 Å². The summed E-state index contributed by atoms with van der Waals surface area (Å²) in [6.07, 6.45) is 5.14. The van der Waals surface area contributed by atoms with Gasteiger partial charge in [0.25, 0.3) is 5.95 Å². The van der Waals surface area contributed by atoms with E-state index in [9.17, 15) is 9.90 Å². The number of aromatic hydroxyl groups is 1. The molecule has 3 nitrogen and oxygen atoms in total. The number of fused-ring (bicyclic) bond motifs is 2. The third kappa shape index (κ3) is 1.33. The quantitative estimate of drug-likeness (QED) is 0.765. The fourth-order valence-corrected chi connectivity index (χ4v) is 3.51. The molecule has 2 aliphatic carbocycles. The second-order valence-electron chi connectivity index (χ2n) is 5.92. The molecule has 1 aromatic heterocycles. The molecule has 0 amide bonds. The number of rotatable bonds is 0. The number of ketones is 1. The van der Waals surface area contributed by atoms with Crippen molar-refractivity contribution in [3.05, 3.63) is 29.0 Å². The van der Waals surface area contributed by atoms with Gasteiger partial charge in [-0.3, -0.25) is 4.79 Å². The normalized spacial score (nSPS) is 34.3. The number of hydrogen-bond donors (Lipinski definition) is 1. The van der Waals surface area contributed by atoms with E-state index in [0.29, 0.717) is 18.3 Å². The van der Waals surface area contributed by atoms with Gasteiger partial charge in [-0.15, -0.1) is 0 Å². The van der Waals surface area contributed by atoms with Crippen LogP contribution in [0.1, 0.15) is 30.7 Å². The molecule has 1 heterocycles. The van der Waals surface area contributed by atoms with Crippen molar-refractivity contribution in [2.45, 2.75) is 33.6 Å². The maximum atomic E-state index is 12.2. The monoisotopic (exact) mass is 246 g/mol. The van der Waals surface area contributed by atoms with Crippen LogP contribution in [0.5, 0.6) is 5.95 Å². The predicted molar refractivity (Wildman–Crippen MR) is 67.4 cm³/mol. The van der Waals surface area contributed by atoms with Crippen molar-refractivity contribution in [1.82, 2.24) is 0 Å². The Balaban J connectivity index is 2.12. The van der Waals surface area contributed by atoms with Gasteiger partial charge in [-0.1, -0.05) is 19.9 Å². The van der Waals surface area contributed by atoms with Crippen LogP contribution < -0.4 is 0 Å². The highest BCUT2D eigenvalue weighted by atomic mass is 16.5. The molecular formula is C15H18O3. The van der Waals surface area contributed by atoms with Crippen LogP contribution in [0, 0.1) is 24.2 Å². The smallest absolute Gasteiger partial charge is 0.285 e. The van der Waals surface area contributed by atoms with E-state index in [1.807, 2.05) is 19.9 Å². The minimum absolute atomic E-state index is 0.00954. The Kier molecular flexibility index (Phi) is 2.25. The van der Waals surface area contributed by atoms with E-state index in [1.54, 1.807) is 6.08 Å². The van der Waals surface area contributed by atoms with Gasteiger partial charge < -0.3 is 9.52 Å². The molecule has 0 saturated heterocycles. The number of carbonyl (C=O) groups excluding carboxylic acids is 1. The Labute approximate surface area is 106 Å². The minimum atomic E-state index is -0.377. The molecule has 0 fully saturated rings. The van der Waals surface area contributed by atoms with Crippen molar-refractivity contribution in [3.8, 4) is 5.95 Å². The highest BCUT2D eigenvalue weighted by Crippen LogP contribution is 2.49. The third-order valence-corrected chi connectivity index (χ3v) is 4.85. The summed E-state index contributed by atoms with van der Waals surface area (Å²) in [5.41, 5.74) is 1.56. The molecule has 96 valence electrons. The van der Waals surface area contributed by atoms with E-state index in [1.165, 1.54) is 0 Å². The molecule has 0 saturated carbocycles. The van der Waals surface area contributed by atoms with Crippen LogP contribution in [-0.4, -0.2) is 10.9 Å². The van der Waals surface area contributed by atoms with Crippen molar-refractivity contribution < 1.29 is 14.3 Å². The van der Waals surface area contributed by atoms with E-state index in [0.717, 1.165) is 23.3 Å². The van der Waals surface area contributed by atoms with Crippen molar-refractivity contribution in [2.24, 2.45) is 17.3 Å². The summed E-state index contributed by atoms with van der Waals surface area (Å²) >= 11 is 0. The van der Waals surface area contributed by atoms with Gasteiger partial charge in [0.2, 0.25) is 0 Å². The lowest BCUT2D eigenvalue weighted by Gasteiger charge is -2.43. The summed E-state index contributed by atoms with van der Waals surface area (Å²) < 4.78 is 5.41. The van der Waals surface area contributed by atoms with E-state index in [-0.39, 0.29) is 17.1 Å². The summed E-state index contributed by atoms with van der Waals surface area (Å²) in [5, 5.41) is 9.69. The molecule has 3 rings (SSSR count). The van der Waals surface area contributed by atoms with Gasteiger partial charge >= 0.3 is 0 Å². The molecular weight excluding hydrogens is 228 g/mol. The van der Waals surface area contributed by atoms with E-state index < -0.39 is 0 Å². The Morgan fingerprint density at radius 1 is 1.50 bits per heavy atom. The average molecular weight is 246 g/mol. The average Bonchev–Trinajstić information content (AvgIpc) is 2.58. The lowest BCUT2D eigenvalue weighted by atomic mass is 9.58. The number of furan rings is 1. The highest BCUT2D eigenvalue weighted by molar-refractivity contribution is 5.96. The van der Waals surface area contributed by atoms with Crippen molar-refractivity contribution in [1.29, 1.82) is 0 Å². The standard InChI is InChI=1S/C15H18O3/c1-8-4-5-13(16)15(3)7-12-10(6-11(8)15)9(2)14(17)18-12/h4-5,8,11,17H,6-7H2,1-3H3. The summed E-state index contributed by atoms with van der Waals surface area (Å²) in [5.74, 6) is 1.68. The first-order valence-corrected chi connectivity index (χ1v) is 6.46. The number of allylic oxidation sites excluding steroid dienone is 2. The van der Waals surface area contributed by atoms with Gasteiger partial charge in [0.1, 0.15) is 5.76 Å². The molecule has 1 aromatic rings. The van der Waals surface area contributed by atoms with Gasteiger partial charge in [0, 0.05) is 23.0 Å². The molecule has 3 atom stereocenters. The van der Waals surface area contributed by atoms with Gasteiger partial charge in [0.05, 0.1) is 0 Å². The van der Waals surface area contributed by atoms with Gasteiger partial charge in [-0.05, 0) is 31.3 Å². The van der Waals surface area contributed by atoms with Crippen LogP contribution in [0.25, 0.3) is 0 Å². The van der Waals surface area contributed by atoms with Gasteiger partial charge in [-0.25, -0.2) is 0 Å². The molecule has 0 bridgehead atoms. The van der Waals surface area contributed by atoms with Crippen LogP contribution in [0.2, 0.25) is 0 Å². The topological polar surface area (TPSA) is 50.4 Å². The number of carbonyl (C=O) groups is 1. The molecule has 18 heavy (non-hydrogen) atoms. The fourth-order valence-electron chi connectivity index (χ4n) is 3.51. The van der Waals surface area contributed by atoms with E-state index >= 15 is 0 Å². The van der Waals surface area contributed by atoms with Gasteiger partial charge in [0.15, 0.2) is 5.78 Å². The lowest BCUT2D eigenvalue weighted by Crippen LogP contribution is -2.46. The molecule has 1 N–H and O–H groups in total. The first kappa shape index (κ1) is 11.6. The first-order chi connectivity index (χ1) is 8.43. The Morgan fingerprint density at radius 2 is 2.22 bits per heavy atom. The predicted octanol–water partition coefficient (Wildman–Crippen LogP) is 2.79. The summed E-state index contributed by atoms with van der Waals surface area (Å²) in [6.45, 7) is 6.06. The van der Waals surface area contributed by atoms with Crippen LogP contribution in [0.3, 0.4) is 0 Å². The van der Waals surface area contributed by atoms with Gasteiger partial charge in [-0.2, -0.15) is 0 Å². The van der Waals surface area contributed by atoms with Crippen LogP contribution in [0.4, 0.5) is 0 Å². The Hall–Kier alpha value is -1.51. The number of hydrogen-bond acceptors (Lipinski definition) is 3. The molecule has 3 unspecified atom stereocenters. The molecule has 2 aliphatic rings. The zero-order chi connectivity index (χ0) is 13.1. The minimum Gasteiger partial charge on any atom is -0.481 e. The van der Waals surface area contributed by atoms with Crippen molar-refractivity contribution in [2.75, 3.05) is 0 Å². The maximum absolute atomic E-state index is 12.2. The SMILES string of the molecule is Cc1c(O)oc2c1CC1C(C)C=CC(=O)C1(C)C2. The summed E-state index contributed by atoms with van der Waals surface area (Å²) in [6, 6.07) is 0. The van der Waals surface area contributed by atoms with Crippen LogP contribution in [0.15, 0.2) is 16.6 Å². The van der Waals surface area contributed by atoms with Crippen LogP contribution in [-0.2, 0) is 17.6 Å². The molecule has 0 spiro atoms. The zero-order valence-electron chi connectivity index (χ0n) is 11.0. The van der Waals surface area contributed by atoms with Crippen molar-refractivity contribution in [3.63, 3.8) is 0 Å². The lowest BCUT2D eigenvalue weighted by molar-refractivity contribution is -0.128. The van der Waals surface area contributed by atoms with E-state index in [4.69, 9.17) is 4.42 Å². The molecule has 3 heteroatoms. The third-order valence-electron chi connectivity index (χ3n) is 4.85. The summed E-state index contributed by atoms with van der Waals surface area (Å²) in [4.78, 5) is 12.2. The molecule has 0 radical (unpaired) electrons. The van der Waals surface area contributed by atoms with Crippen molar-refractivity contribution >= 4 is 5.78 Å². The second-order valence-corrected chi connectivity index (χ2v) is 5.92. The fraction of sp³-hybridized carbons (Fsp3) is 0.533. The Morgan fingerprint density at radius 3 is 2.94 bits per heavy atom. The van der Waals surface area contributed by atoms with E-state index in [2.05, 4.69) is 6.92 Å². The molecule has 0 aliphatic heterocycles. The molecule has 0 aromatic carbocycles. The second kappa shape index (κ2) is 3.50. The Bertz CT molecular complexity index is 552.